The number of alkyl halides is 1. The first kappa shape index (κ1) is 7.72. The number of benzene rings is 1. The average Bonchev–Trinajstić information content (AvgIpc) is 2.03. The number of rotatable bonds is 2. The van der Waals surface area contributed by atoms with Gasteiger partial charge in [0.15, 0.2) is 0 Å². The first-order valence-corrected chi connectivity index (χ1v) is 6.13. The first-order valence-electron chi connectivity index (χ1n) is 3.00. The molecule has 0 saturated heterocycles. The Hall–Kier alpha value is -0.380. The summed E-state index contributed by atoms with van der Waals surface area (Å²) in [5.41, 5.74) is 1.20. The van der Waals surface area contributed by atoms with Crippen LogP contribution < -0.4 is 21.5 Å². The van der Waals surface area contributed by atoms with E-state index >= 15 is 0 Å². The minimum absolute atomic E-state index is 0.0510. The Morgan fingerprint density at radius 2 is 2.00 bits per heavy atom. The van der Waals surface area contributed by atoms with Crippen molar-refractivity contribution in [3.05, 3.63) is 35.9 Å². The third kappa shape index (κ3) is 2.47. The molecule has 0 spiro atoms. The summed E-state index contributed by atoms with van der Waals surface area (Å²) in [6.07, 6.45) is 1.94. The molecule has 0 saturated carbocycles. The molecule has 0 amide bonds. The summed E-state index contributed by atoms with van der Waals surface area (Å²) in [5.74, 6) is 0. The van der Waals surface area contributed by atoms with E-state index in [-0.39, 0.29) is 21.5 Å². The predicted octanol–water partition coefficient (Wildman–Crippen LogP) is -1.26. The second kappa shape index (κ2) is 4.44. The van der Waals surface area contributed by atoms with Gasteiger partial charge < -0.3 is 0 Å². The van der Waals surface area contributed by atoms with Gasteiger partial charge in [-0.1, -0.05) is 0 Å². The molecule has 1 aromatic carbocycles. The third-order valence-corrected chi connectivity index (χ3v) is 1.93. The van der Waals surface area contributed by atoms with Crippen LogP contribution >= 0.6 is 0 Å². The second-order valence-corrected chi connectivity index (χ2v) is 3.33. The number of nitrogens with zero attached hydrogens (tertiary/aromatic N) is 1. The SMILES string of the molecule is C[I-]N=Cc1ccccc1. The molecule has 0 N–H and O–H groups in total. The van der Waals surface area contributed by atoms with Crippen molar-refractivity contribution in [2.75, 3.05) is 4.93 Å². The van der Waals surface area contributed by atoms with E-state index in [1.54, 1.807) is 0 Å². The molecule has 0 aliphatic heterocycles. The van der Waals surface area contributed by atoms with Gasteiger partial charge in [-0.3, -0.25) is 0 Å². The molecule has 0 unspecified atom stereocenters. The Bertz CT molecular complexity index is 206. The minimum atomic E-state index is 0.0510. The van der Waals surface area contributed by atoms with Crippen LogP contribution in [0.3, 0.4) is 0 Å². The van der Waals surface area contributed by atoms with E-state index < -0.39 is 0 Å². The molecule has 54 valence electrons. The molecule has 0 aromatic heterocycles. The Morgan fingerprint density at radius 3 is 2.60 bits per heavy atom. The van der Waals surface area contributed by atoms with Gasteiger partial charge >= 0.3 is 71.7 Å². The van der Waals surface area contributed by atoms with E-state index in [1.807, 2.05) is 24.4 Å². The fourth-order valence-electron chi connectivity index (χ4n) is 0.644. The molecule has 0 bridgehead atoms. The molecule has 1 aromatic rings. The van der Waals surface area contributed by atoms with Gasteiger partial charge in [-0.05, 0) is 0 Å². The summed E-state index contributed by atoms with van der Waals surface area (Å²) in [6.45, 7) is 0. The van der Waals surface area contributed by atoms with E-state index in [4.69, 9.17) is 0 Å². The van der Waals surface area contributed by atoms with Crippen molar-refractivity contribution in [2.45, 2.75) is 0 Å². The fourth-order valence-corrected chi connectivity index (χ4v) is 1.24. The molecular formula is C8H9IN-. The zero-order chi connectivity index (χ0) is 7.23. The Kier molecular flexibility index (Phi) is 3.43. The zero-order valence-corrected chi connectivity index (χ0v) is 7.95. The van der Waals surface area contributed by atoms with Crippen LogP contribution in [0.1, 0.15) is 5.56 Å². The molecule has 0 aliphatic carbocycles. The van der Waals surface area contributed by atoms with Gasteiger partial charge in [-0.2, -0.15) is 0 Å². The fraction of sp³-hybridized carbons (Fsp3) is 0.125. The van der Waals surface area contributed by atoms with E-state index in [1.165, 1.54) is 5.56 Å². The van der Waals surface area contributed by atoms with Crippen molar-refractivity contribution in [3.63, 3.8) is 0 Å². The Balaban J connectivity index is 2.67. The van der Waals surface area contributed by atoms with Crippen LogP contribution in [0, 0.1) is 0 Å². The number of hydrogen-bond acceptors (Lipinski definition) is 1. The van der Waals surface area contributed by atoms with Crippen molar-refractivity contribution in [1.29, 1.82) is 0 Å². The van der Waals surface area contributed by atoms with Crippen molar-refractivity contribution < 1.29 is 21.5 Å². The van der Waals surface area contributed by atoms with Gasteiger partial charge in [0.2, 0.25) is 0 Å². The topological polar surface area (TPSA) is 12.4 Å². The van der Waals surface area contributed by atoms with Gasteiger partial charge in [0.25, 0.3) is 0 Å². The van der Waals surface area contributed by atoms with Crippen LogP contribution in [0.25, 0.3) is 0 Å². The summed E-state index contributed by atoms with van der Waals surface area (Å²) in [7, 11) is 0. The number of halogens is 1. The molecule has 0 fully saturated rings. The monoisotopic (exact) mass is 246 g/mol. The molecule has 2 heteroatoms. The third-order valence-electron chi connectivity index (χ3n) is 1.10. The standard InChI is InChI=1S/C8H9IN/c1-9-10-7-8-5-3-2-4-6-8/h2-7H,1H3/q-1. The zero-order valence-electron chi connectivity index (χ0n) is 5.79. The van der Waals surface area contributed by atoms with E-state index in [2.05, 4.69) is 20.3 Å². The van der Waals surface area contributed by atoms with E-state index in [0.717, 1.165) is 0 Å². The van der Waals surface area contributed by atoms with Crippen LogP contribution in [-0.2, 0) is 0 Å². The summed E-state index contributed by atoms with van der Waals surface area (Å²) >= 11 is 0.0510. The molecule has 0 heterocycles. The maximum absolute atomic E-state index is 4.23. The Morgan fingerprint density at radius 1 is 1.30 bits per heavy atom. The van der Waals surface area contributed by atoms with Gasteiger partial charge in [-0.15, -0.1) is 0 Å². The van der Waals surface area contributed by atoms with Crippen LogP contribution in [0.15, 0.2) is 33.5 Å². The molecular weight excluding hydrogens is 237 g/mol. The summed E-state index contributed by atoms with van der Waals surface area (Å²) in [5, 5.41) is 0. The van der Waals surface area contributed by atoms with Crippen LogP contribution in [0.4, 0.5) is 0 Å². The quantitative estimate of drug-likeness (QED) is 0.351. The molecule has 0 atom stereocenters. The molecule has 1 rings (SSSR count). The summed E-state index contributed by atoms with van der Waals surface area (Å²) in [4.78, 5) is 2.14. The molecule has 0 radical (unpaired) electrons. The predicted molar refractivity (Wildman–Crippen MR) is 40.0 cm³/mol. The average molecular weight is 246 g/mol. The van der Waals surface area contributed by atoms with Crippen molar-refractivity contribution in [2.24, 2.45) is 3.21 Å². The summed E-state index contributed by atoms with van der Waals surface area (Å²) in [6, 6.07) is 10.2. The van der Waals surface area contributed by atoms with Gasteiger partial charge in [-0.25, -0.2) is 0 Å². The van der Waals surface area contributed by atoms with Crippen molar-refractivity contribution >= 4 is 6.21 Å². The molecule has 1 nitrogen and oxygen atoms in total. The van der Waals surface area contributed by atoms with Crippen molar-refractivity contribution in [1.82, 2.24) is 0 Å². The van der Waals surface area contributed by atoms with Crippen LogP contribution in [-0.4, -0.2) is 11.1 Å². The number of hydrogen-bond donors (Lipinski definition) is 0. The molecule has 10 heavy (non-hydrogen) atoms. The van der Waals surface area contributed by atoms with Gasteiger partial charge in [0.05, 0.1) is 0 Å². The second-order valence-electron chi connectivity index (χ2n) is 1.81. The maximum atomic E-state index is 4.23. The Labute approximate surface area is 71.8 Å². The first-order chi connectivity index (χ1) is 4.93. The van der Waals surface area contributed by atoms with Crippen molar-refractivity contribution in [3.8, 4) is 0 Å². The van der Waals surface area contributed by atoms with Crippen LogP contribution in [0.5, 0.6) is 0 Å². The molecule has 0 aliphatic rings. The van der Waals surface area contributed by atoms with Gasteiger partial charge in [0, 0.05) is 0 Å². The normalized spacial score (nSPS) is 10.9. The van der Waals surface area contributed by atoms with E-state index in [9.17, 15) is 0 Å². The summed E-state index contributed by atoms with van der Waals surface area (Å²) < 4.78 is 4.23. The van der Waals surface area contributed by atoms with Crippen LogP contribution in [0.2, 0.25) is 0 Å². The van der Waals surface area contributed by atoms with E-state index in [0.29, 0.717) is 0 Å². The van der Waals surface area contributed by atoms with Gasteiger partial charge in [0.1, 0.15) is 0 Å².